The zero-order chi connectivity index (χ0) is 24.8. The number of anilines is 1. The highest BCUT2D eigenvalue weighted by Crippen LogP contribution is 2.39. The quantitative estimate of drug-likeness (QED) is 0.343. The van der Waals surface area contributed by atoms with E-state index in [1.807, 2.05) is 30.3 Å². The van der Waals surface area contributed by atoms with E-state index in [2.05, 4.69) is 15.1 Å². The molecule has 8 nitrogen and oxygen atoms in total. The predicted octanol–water partition coefficient (Wildman–Crippen LogP) is 5.11. The number of hydrogen-bond acceptors (Lipinski definition) is 6. The number of rotatable bonds is 4. The molecule has 0 spiro atoms. The van der Waals surface area contributed by atoms with Gasteiger partial charge in [-0.25, -0.2) is 18.9 Å². The number of nitrogens with two attached hydrogens (primary N) is 1. The average Bonchev–Trinajstić information content (AvgIpc) is 3.51. The lowest BCUT2D eigenvalue weighted by Gasteiger charge is -2.25. The maximum atomic E-state index is 14.6. The Morgan fingerprint density at radius 1 is 1.11 bits per heavy atom. The fourth-order valence-electron chi connectivity index (χ4n) is 5.37. The number of carbonyl (C=O) groups excluding carboxylic acids is 1. The van der Waals surface area contributed by atoms with Crippen LogP contribution in [0.2, 0.25) is 0 Å². The van der Waals surface area contributed by atoms with Crippen LogP contribution in [-0.2, 0) is 9.53 Å². The van der Waals surface area contributed by atoms with Crippen LogP contribution < -0.4 is 5.73 Å². The van der Waals surface area contributed by atoms with E-state index in [0.29, 0.717) is 22.6 Å². The largest absolute Gasteiger partial charge is 0.469 e. The molecule has 2 aromatic carbocycles. The third-order valence-electron chi connectivity index (χ3n) is 7.19. The molecule has 182 valence electrons. The van der Waals surface area contributed by atoms with Gasteiger partial charge in [0.15, 0.2) is 5.82 Å². The van der Waals surface area contributed by atoms with Crippen molar-refractivity contribution in [2.45, 2.75) is 31.6 Å². The SMILES string of the molecule is COC(=O)C1CCC(c2nc(-c3cc4cccc(-c5ccccc5F)c4[nH]3)c3c(N)ncnn23)CC1. The Morgan fingerprint density at radius 2 is 1.89 bits per heavy atom. The minimum atomic E-state index is -0.281. The number of aromatic amines is 1. The third kappa shape index (κ3) is 3.59. The number of para-hydroxylation sites is 1. The van der Waals surface area contributed by atoms with Gasteiger partial charge < -0.3 is 15.5 Å². The van der Waals surface area contributed by atoms with E-state index in [1.165, 1.54) is 19.5 Å². The highest BCUT2D eigenvalue weighted by atomic mass is 19.1. The highest BCUT2D eigenvalue weighted by Gasteiger charge is 2.31. The van der Waals surface area contributed by atoms with Gasteiger partial charge in [0.2, 0.25) is 0 Å². The lowest BCUT2D eigenvalue weighted by Crippen LogP contribution is -2.23. The number of nitrogen functional groups attached to an aromatic ring is 1. The van der Waals surface area contributed by atoms with Gasteiger partial charge in [-0.3, -0.25) is 4.79 Å². The third-order valence-corrected chi connectivity index (χ3v) is 7.19. The first-order chi connectivity index (χ1) is 17.5. The molecule has 0 atom stereocenters. The summed E-state index contributed by atoms with van der Waals surface area (Å²) in [6.45, 7) is 0. The van der Waals surface area contributed by atoms with E-state index in [1.54, 1.807) is 16.6 Å². The molecule has 3 heterocycles. The highest BCUT2D eigenvalue weighted by molar-refractivity contribution is 5.98. The lowest BCUT2D eigenvalue weighted by atomic mass is 9.81. The topological polar surface area (TPSA) is 111 Å². The molecular weight excluding hydrogens is 459 g/mol. The molecule has 5 aromatic rings. The van der Waals surface area contributed by atoms with Gasteiger partial charge >= 0.3 is 5.97 Å². The summed E-state index contributed by atoms with van der Waals surface area (Å²) in [7, 11) is 1.43. The van der Waals surface area contributed by atoms with Crippen LogP contribution in [-0.4, -0.2) is 37.6 Å². The van der Waals surface area contributed by atoms with Crippen molar-refractivity contribution < 1.29 is 13.9 Å². The lowest BCUT2D eigenvalue weighted by molar-refractivity contribution is -0.146. The molecule has 3 aromatic heterocycles. The van der Waals surface area contributed by atoms with Crippen molar-refractivity contribution in [1.82, 2.24) is 24.6 Å². The number of ether oxygens (including phenoxy) is 1. The molecule has 6 rings (SSSR count). The number of methoxy groups -OCH3 is 1. The standard InChI is InChI=1S/C27H25FN6O2/c1-36-27(35)16-11-9-15(10-12-16)26-33-23(24-25(29)30-14-31-34(24)26)21-13-17-5-4-7-19(22(17)32-21)18-6-2-3-8-20(18)28/h2-8,13-16,32H,9-12H2,1H3,(H2,29,30,31). The maximum Gasteiger partial charge on any atom is 0.308 e. The minimum absolute atomic E-state index is 0.0813. The van der Waals surface area contributed by atoms with Gasteiger partial charge in [-0.05, 0) is 37.8 Å². The van der Waals surface area contributed by atoms with Gasteiger partial charge in [0.05, 0.1) is 24.2 Å². The first kappa shape index (κ1) is 22.2. The van der Waals surface area contributed by atoms with E-state index < -0.39 is 0 Å². The van der Waals surface area contributed by atoms with Gasteiger partial charge in [-0.1, -0.05) is 36.4 Å². The van der Waals surface area contributed by atoms with Crippen LogP contribution >= 0.6 is 0 Å². The van der Waals surface area contributed by atoms with E-state index >= 15 is 0 Å². The summed E-state index contributed by atoms with van der Waals surface area (Å²) in [4.78, 5) is 24.7. The Bertz CT molecular complexity index is 1600. The number of benzene rings is 2. The molecule has 0 radical (unpaired) electrons. The number of fused-ring (bicyclic) bond motifs is 2. The number of nitrogens with zero attached hydrogens (tertiary/aromatic N) is 4. The van der Waals surface area contributed by atoms with Crippen molar-refractivity contribution >= 4 is 28.2 Å². The van der Waals surface area contributed by atoms with Gasteiger partial charge in [0.25, 0.3) is 0 Å². The first-order valence-electron chi connectivity index (χ1n) is 12.0. The molecule has 36 heavy (non-hydrogen) atoms. The van der Waals surface area contributed by atoms with Crippen LogP contribution in [0.4, 0.5) is 10.2 Å². The summed E-state index contributed by atoms with van der Waals surface area (Å²) >= 11 is 0. The molecule has 0 saturated heterocycles. The second kappa shape index (κ2) is 8.75. The predicted molar refractivity (Wildman–Crippen MR) is 135 cm³/mol. The van der Waals surface area contributed by atoms with E-state index in [-0.39, 0.29) is 23.6 Å². The average molecular weight is 485 g/mol. The molecule has 0 bridgehead atoms. The Kier molecular flexibility index (Phi) is 5.40. The van der Waals surface area contributed by atoms with Gasteiger partial charge in [-0.2, -0.15) is 5.10 Å². The van der Waals surface area contributed by atoms with Crippen molar-refractivity contribution in [3.8, 4) is 22.5 Å². The molecule has 0 unspecified atom stereocenters. The summed E-state index contributed by atoms with van der Waals surface area (Å²) in [6.07, 6.45) is 4.50. The number of halogens is 1. The van der Waals surface area contributed by atoms with Crippen LogP contribution in [0.5, 0.6) is 0 Å². The van der Waals surface area contributed by atoms with Crippen LogP contribution in [0.1, 0.15) is 37.4 Å². The molecule has 0 aliphatic heterocycles. The Balaban J connectivity index is 1.45. The fraction of sp³-hybridized carbons (Fsp3) is 0.259. The first-order valence-corrected chi connectivity index (χ1v) is 12.0. The monoisotopic (exact) mass is 484 g/mol. The van der Waals surface area contributed by atoms with Crippen LogP contribution in [0.15, 0.2) is 54.9 Å². The van der Waals surface area contributed by atoms with Crippen LogP contribution in [0.25, 0.3) is 38.9 Å². The Hall–Kier alpha value is -4.27. The Morgan fingerprint density at radius 3 is 2.67 bits per heavy atom. The number of imidazole rings is 1. The molecule has 1 saturated carbocycles. The molecule has 1 aliphatic rings. The van der Waals surface area contributed by atoms with Crippen LogP contribution in [0.3, 0.4) is 0 Å². The normalized spacial score (nSPS) is 18.1. The van der Waals surface area contributed by atoms with E-state index in [0.717, 1.165) is 53.7 Å². The summed E-state index contributed by atoms with van der Waals surface area (Å²) in [5.74, 6) is 0.732. The zero-order valence-corrected chi connectivity index (χ0v) is 19.7. The summed E-state index contributed by atoms with van der Waals surface area (Å²) in [6, 6.07) is 14.5. The molecule has 0 amide bonds. The number of nitrogens with one attached hydrogen (secondary N) is 1. The fourth-order valence-corrected chi connectivity index (χ4v) is 5.37. The number of hydrogen-bond donors (Lipinski definition) is 2. The second-order valence-electron chi connectivity index (χ2n) is 9.23. The number of H-pyrrole nitrogens is 1. The number of carbonyl (C=O) groups is 1. The smallest absolute Gasteiger partial charge is 0.308 e. The van der Waals surface area contributed by atoms with Crippen molar-refractivity contribution in [2.24, 2.45) is 5.92 Å². The van der Waals surface area contributed by atoms with Crippen molar-refractivity contribution in [1.29, 1.82) is 0 Å². The van der Waals surface area contributed by atoms with Crippen LogP contribution in [0, 0.1) is 11.7 Å². The summed E-state index contributed by atoms with van der Waals surface area (Å²) in [5, 5.41) is 5.41. The van der Waals surface area contributed by atoms with E-state index in [9.17, 15) is 9.18 Å². The molecule has 1 fully saturated rings. The number of aromatic nitrogens is 5. The maximum absolute atomic E-state index is 14.6. The zero-order valence-electron chi connectivity index (χ0n) is 19.7. The molecular formula is C27H25FN6O2. The van der Waals surface area contributed by atoms with Crippen molar-refractivity contribution in [2.75, 3.05) is 12.8 Å². The van der Waals surface area contributed by atoms with E-state index in [4.69, 9.17) is 15.5 Å². The minimum Gasteiger partial charge on any atom is -0.469 e. The van der Waals surface area contributed by atoms with Crippen molar-refractivity contribution in [3.05, 3.63) is 66.5 Å². The summed E-state index contributed by atoms with van der Waals surface area (Å²) in [5.41, 5.74) is 10.4. The van der Waals surface area contributed by atoms with Gasteiger partial charge in [-0.15, -0.1) is 0 Å². The number of esters is 1. The molecule has 9 heteroatoms. The Labute approximate surface area is 206 Å². The molecule has 3 N–H and O–H groups in total. The van der Waals surface area contributed by atoms with Crippen molar-refractivity contribution in [3.63, 3.8) is 0 Å². The molecule has 1 aliphatic carbocycles. The summed E-state index contributed by atoms with van der Waals surface area (Å²) < 4.78 is 21.3. The van der Waals surface area contributed by atoms with Gasteiger partial charge in [0.1, 0.15) is 29.2 Å². The van der Waals surface area contributed by atoms with Gasteiger partial charge in [0, 0.05) is 22.4 Å². The second-order valence-corrected chi connectivity index (χ2v) is 9.23.